The molecule has 0 saturated carbocycles. The zero-order chi connectivity index (χ0) is 18.4. The Labute approximate surface area is 149 Å². The van der Waals surface area contributed by atoms with Crippen LogP contribution in [0.3, 0.4) is 0 Å². The molecule has 3 rings (SSSR count). The SMILES string of the molecule is CC(C)(C)OC(=O)N1CCc2nc(N3CC(C(N)=O)CC3=O)sc2C1. The second kappa shape index (κ2) is 6.29. The monoisotopic (exact) mass is 366 g/mol. The van der Waals surface area contributed by atoms with Crippen molar-refractivity contribution in [2.45, 2.75) is 45.8 Å². The van der Waals surface area contributed by atoms with Crippen molar-refractivity contribution in [3.63, 3.8) is 0 Å². The second-order valence-electron chi connectivity index (χ2n) is 7.33. The second-order valence-corrected chi connectivity index (χ2v) is 8.39. The van der Waals surface area contributed by atoms with E-state index in [1.54, 1.807) is 4.90 Å². The van der Waals surface area contributed by atoms with Crippen LogP contribution in [0.5, 0.6) is 0 Å². The molecule has 1 unspecified atom stereocenters. The molecule has 0 radical (unpaired) electrons. The fourth-order valence-electron chi connectivity index (χ4n) is 2.86. The number of carbonyl (C=O) groups is 3. The minimum Gasteiger partial charge on any atom is -0.444 e. The third-order valence-corrected chi connectivity index (χ3v) is 5.24. The third-order valence-electron chi connectivity index (χ3n) is 4.13. The molecular formula is C16H22N4O4S. The first-order valence-corrected chi connectivity index (χ1v) is 9.02. The van der Waals surface area contributed by atoms with Gasteiger partial charge in [0.15, 0.2) is 5.13 Å². The number of ether oxygens (including phenoxy) is 1. The van der Waals surface area contributed by atoms with Gasteiger partial charge in [-0.05, 0) is 20.8 Å². The van der Waals surface area contributed by atoms with Crippen LogP contribution < -0.4 is 10.6 Å². The first kappa shape index (κ1) is 17.7. The molecule has 3 amide bonds. The van der Waals surface area contributed by atoms with Crippen LogP contribution >= 0.6 is 11.3 Å². The van der Waals surface area contributed by atoms with Gasteiger partial charge in [-0.25, -0.2) is 9.78 Å². The van der Waals surface area contributed by atoms with E-state index in [-0.39, 0.29) is 25.0 Å². The quantitative estimate of drug-likeness (QED) is 0.848. The molecule has 1 saturated heterocycles. The van der Waals surface area contributed by atoms with E-state index >= 15 is 0 Å². The van der Waals surface area contributed by atoms with Crippen LogP contribution in [0.25, 0.3) is 0 Å². The lowest BCUT2D eigenvalue weighted by atomic mass is 10.1. The maximum atomic E-state index is 12.2. The van der Waals surface area contributed by atoms with Gasteiger partial charge >= 0.3 is 6.09 Å². The summed E-state index contributed by atoms with van der Waals surface area (Å²) in [5.41, 5.74) is 5.67. The van der Waals surface area contributed by atoms with Crippen LogP contribution in [0.2, 0.25) is 0 Å². The molecule has 136 valence electrons. The lowest BCUT2D eigenvalue weighted by Gasteiger charge is -2.29. The topological polar surface area (TPSA) is 106 Å². The molecule has 25 heavy (non-hydrogen) atoms. The molecule has 1 atom stereocenters. The summed E-state index contributed by atoms with van der Waals surface area (Å²) in [5.74, 6) is -1.07. The summed E-state index contributed by atoms with van der Waals surface area (Å²) in [5, 5.41) is 0.574. The molecular weight excluding hydrogens is 344 g/mol. The third kappa shape index (κ3) is 3.76. The highest BCUT2D eigenvalue weighted by molar-refractivity contribution is 7.16. The molecule has 1 fully saturated rings. The molecule has 0 aliphatic carbocycles. The molecule has 1 aromatic heterocycles. The average Bonchev–Trinajstić information content (AvgIpc) is 3.07. The number of anilines is 1. The molecule has 3 heterocycles. The van der Waals surface area contributed by atoms with Crippen molar-refractivity contribution in [1.29, 1.82) is 0 Å². The van der Waals surface area contributed by atoms with Gasteiger partial charge in [-0.2, -0.15) is 0 Å². The summed E-state index contributed by atoms with van der Waals surface area (Å²) in [4.78, 5) is 44.3. The van der Waals surface area contributed by atoms with Gasteiger partial charge in [0.25, 0.3) is 0 Å². The molecule has 0 bridgehead atoms. The lowest BCUT2D eigenvalue weighted by molar-refractivity contribution is -0.123. The highest BCUT2D eigenvalue weighted by Gasteiger charge is 2.36. The predicted octanol–water partition coefficient (Wildman–Crippen LogP) is 1.27. The van der Waals surface area contributed by atoms with Gasteiger partial charge in [-0.15, -0.1) is 0 Å². The molecule has 0 aromatic carbocycles. The van der Waals surface area contributed by atoms with Crippen LogP contribution in [-0.4, -0.2) is 46.5 Å². The Morgan fingerprint density at radius 1 is 1.36 bits per heavy atom. The van der Waals surface area contributed by atoms with Gasteiger partial charge in [0, 0.05) is 30.8 Å². The van der Waals surface area contributed by atoms with Gasteiger partial charge in [-0.3, -0.25) is 14.5 Å². The number of carbonyl (C=O) groups excluding carboxylic acids is 3. The number of primary amides is 1. The molecule has 9 heteroatoms. The minimum atomic E-state index is -0.540. The van der Waals surface area contributed by atoms with Crippen molar-refractivity contribution in [2.75, 3.05) is 18.0 Å². The number of thiazole rings is 1. The van der Waals surface area contributed by atoms with Crippen LogP contribution in [0.4, 0.5) is 9.93 Å². The summed E-state index contributed by atoms with van der Waals surface area (Å²) in [7, 11) is 0. The number of nitrogens with zero attached hydrogens (tertiary/aromatic N) is 3. The first-order chi connectivity index (χ1) is 11.6. The average molecular weight is 366 g/mol. The fraction of sp³-hybridized carbons (Fsp3) is 0.625. The van der Waals surface area contributed by atoms with Crippen molar-refractivity contribution in [3.05, 3.63) is 10.6 Å². The molecule has 2 N–H and O–H groups in total. The van der Waals surface area contributed by atoms with Gasteiger partial charge in [0.1, 0.15) is 5.60 Å². The largest absolute Gasteiger partial charge is 0.444 e. The Kier molecular flexibility index (Phi) is 4.44. The van der Waals surface area contributed by atoms with E-state index < -0.39 is 17.4 Å². The number of hydrogen-bond acceptors (Lipinski definition) is 6. The van der Waals surface area contributed by atoms with Crippen LogP contribution in [0.1, 0.15) is 37.8 Å². The smallest absolute Gasteiger partial charge is 0.410 e. The highest BCUT2D eigenvalue weighted by atomic mass is 32.1. The Morgan fingerprint density at radius 3 is 2.68 bits per heavy atom. The summed E-state index contributed by atoms with van der Waals surface area (Å²) >= 11 is 1.38. The summed E-state index contributed by atoms with van der Waals surface area (Å²) in [6.45, 7) is 6.72. The van der Waals surface area contributed by atoms with E-state index in [1.165, 1.54) is 16.2 Å². The lowest BCUT2D eigenvalue weighted by Crippen LogP contribution is -2.39. The number of aromatic nitrogens is 1. The van der Waals surface area contributed by atoms with E-state index in [9.17, 15) is 14.4 Å². The van der Waals surface area contributed by atoms with Crippen molar-refractivity contribution < 1.29 is 19.1 Å². The number of amides is 3. The number of rotatable bonds is 2. The van der Waals surface area contributed by atoms with Gasteiger partial charge in [-0.1, -0.05) is 11.3 Å². The van der Waals surface area contributed by atoms with Crippen LogP contribution in [0, 0.1) is 5.92 Å². The van der Waals surface area contributed by atoms with E-state index in [0.717, 1.165) is 10.6 Å². The first-order valence-electron chi connectivity index (χ1n) is 8.20. The van der Waals surface area contributed by atoms with E-state index in [0.29, 0.717) is 24.6 Å². The summed E-state index contributed by atoms with van der Waals surface area (Å²) in [6.07, 6.45) is 0.398. The highest BCUT2D eigenvalue weighted by Crippen LogP contribution is 2.34. The van der Waals surface area contributed by atoms with E-state index in [2.05, 4.69) is 4.98 Å². The van der Waals surface area contributed by atoms with Crippen molar-refractivity contribution in [3.8, 4) is 0 Å². The van der Waals surface area contributed by atoms with Gasteiger partial charge in [0.05, 0.1) is 18.2 Å². The fourth-order valence-corrected chi connectivity index (χ4v) is 4.01. The molecule has 8 nitrogen and oxygen atoms in total. The molecule has 2 aliphatic heterocycles. The Morgan fingerprint density at radius 2 is 2.08 bits per heavy atom. The Hall–Kier alpha value is -2.16. The minimum absolute atomic E-state index is 0.129. The number of nitrogens with two attached hydrogens (primary N) is 1. The van der Waals surface area contributed by atoms with Crippen LogP contribution in [-0.2, 0) is 27.3 Å². The standard InChI is InChI=1S/C16H22N4O4S/c1-16(2,3)24-15(23)19-5-4-10-11(8-19)25-14(18-10)20-7-9(13(17)22)6-12(20)21/h9H,4-8H2,1-3H3,(H2,17,22). The number of fused-ring (bicyclic) bond motifs is 1. The molecule has 2 aliphatic rings. The molecule has 0 spiro atoms. The molecule has 1 aromatic rings. The zero-order valence-corrected chi connectivity index (χ0v) is 15.4. The summed E-state index contributed by atoms with van der Waals surface area (Å²) < 4.78 is 5.41. The predicted molar refractivity (Wildman–Crippen MR) is 92.1 cm³/mol. The van der Waals surface area contributed by atoms with Gasteiger partial charge < -0.3 is 15.4 Å². The normalized spacial score (nSPS) is 20.6. The van der Waals surface area contributed by atoms with Crippen molar-refractivity contribution in [1.82, 2.24) is 9.88 Å². The zero-order valence-electron chi connectivity index (χ0n) is 14.6. The van der Waals surface area contributed by atoms with Crippen LogP contribution in [0.15, 0.2) is 0 Å². The van der Waals surface area contributed by atoms with Crippen molar-refractivity contribution >= 4 is 34.4 Å². The summed E-state index contributed by atoms with van der Waals surface area (Å²) in [6, 6.07) is 0. The van der Waals surface area contributed by atoms with Crippen molar-refractivity contribution in [2.24, 2.45) is 11.7 Å². The maximum Gasteiger partial charge on any atom is 0.410 e. The maximum absolute atomic E-state index is 12.2. The Balaban J connectivity index is 1.72. The number of hydrogen-bond donors (Lipinski definition) is 1. The van der Waals surface area contributed by atoms with E-state index in [1.807, 2.05) is 20.8 Å². The van der Waals surface area contributed by atoms with Gasteiger partial charge in [0.2, 0.25) is 11.8 Å². The Bertz CT molecular complexity index is 724. The van der Waals surface area contributed by atoms with E-state index in [4.69, 9.17) is 10.5 Å².